The van der Waals surface area contributed by atoms with E-state index in [0.717, 1.165) is 5.56 Å². The Morgan fingerprint density at radius 1 is 1.07 bits per heavy atom. The van der Waals surface area contributed by atoms with Gasteiger partial charge < -0.3 is 9.47 Å². The molecule has 0 radical (unpaired) electrons. The third-order valence-corrected chi connectivity index (χ3v) is 4.05. The Morgan fingerprint density at radius 2 is 1.75 bits per heavy atom. The number of para-hydroxylation sites is 1. The Morgan fingerprint density at radius 3 is 2.39 bits per heavy atom. The number of ketones is 1. The van der Waals surface area contributed by atoms with Gasteiger partial charge in [-0.2, -0.15) is 5.48 Å². The van der Waals surface area contributed by atoms with Crippen LogP contribution in [0.4, 0.5) is 0 Å². The van der Waals surface area contributed by atoms with Crippen LogP contribution in [-0.4, -0.2) is 24.9 Å². The van der Waals surface area contributed by atoms with Gasteiger partial charge in [0.15, 0.2) is 5.78 Å². The van der Waals surface area contributed by atoms with E-state index in [4.69, 9.17) is 14.3 Å². The molecule has 148 valence electrons. The van der Waals surface area contributed by atoms with E-state index in [-0.39, 0.29) is 17.3 Å². The molecule has 0 bridgehead atoms. The van der Waals surface area contributed by atoms with Crippen LogP contribution in [0.1, 0.15) is 36.2 Å². The lowest BCUT2D eigenvalue weighted by atomic mass is 10.0. The van der Waals surface area contributed by atoms with Crippen molar-refractivity contribution in [3.63, 3.8) is 0 Å². The second-order valence-electron chi connectivity index (χ2n) is 5.96. The molecule has 0 saturated carbocycles. The summed E-state index contributed by atoms with van der Waals surface area (Å²) >= 11 is 0. The van der Waals surface area contributed by atoms with E-state index in [1.165, 1.54) is 13.2 Å². The van der Waals surface area contributed by atoms with Crippen LogP contribution in [-0.2, 0) is 21.0 Å². The number of benzene rings is 2. The van der Waals surface area contributed by atoms with Crippen molar-refractivity contribution < 1.29 is 23.9 Å². The molecule has 2 aromatic rings. The zero-order chi connectivity index (χ0) is 20.4. The molecule has 28 heavy (non-hydrogen) atoms. The first-order valence-corrected chi connectivity index (χ1v) is 9.07. The fraction of sp³-hybridized carbons (Fsp3) is 0.273. The molecular weight excluding hydrogens is 358 g/mol. The first kappa shape index (κ1) is 21.3. The summed E-state index contributed by atoms with van der Waals surface area (Å²) in [7, 11) is 1.27. The highest BCUT2D eigenvalue weighted by Crippen LogP contribution is 2.23. The van der Waals surface area contributed by atoms with Crippen molar-refractivity contribution in [1.82, 2.24) is 5.48 Å². The largest absolute Gasteiger partial charge is 0.463 e. The molecule has 0 spiro atoms. The Balaban J connectivity index is 2.09. The average Bonchev–Trinajstić information content (AvgIpc) is 2.75. The number of carbonyl (C=O) groups is 2. The first-order valence-electron chi connectivity index (χ1n) is 9.07. The smallest absolute Gasteiger partial charge is 0.373 e. The van der Waals surface area contributed by atoms with Crippen LogP contribution < -0.4 is 10.2 Å². The van der Waals surface area contributed by atoms with Crippen molar-refractivity contribution >= 4 is 11.8 Å². The summed E-state index contributed by atoms with van der Waals surface area (Å²) in [5.41, 5.74) is 4.19. The predicted molar refractivity (Wildman–Crippen MR) is 106 cm³/mol. The Bertz CT molecular complexity index is 817. The lowest BCUT2D eigenvalue weighted by Crippen LogP contribution is -2.36. The Labute approximate surface area is 165 Å². The van der Waals surface area contributed by atoms with Crippen LogP contribution in [0.25, 0.3) is 0 Å². The number of methoxy groups -OCH3 is 1. The zero-order valence-corrected chi connectivity index (χ0v) is 16.3. The monoisotopic (exact) mass is 383 g/mol. The number of nitrogens with one attached hydrogen (secondary N) is 1. The second kappa shape index (κ2) is 11.0. The van der Waals surface area contributed by atoms with Gasteiger partial charge in [-0.1, -0.05) is 49.4 Å². The van der Waals surface area contributed by atoms with Crippen molar-refractivity contribution in [1.29, 1.82) is 0 Å². The lowest BCUT2D eigenvalue weighted by molar-refractivity contribution is -0.138. The predicted octanol–water partition coefficient (Wildman–Crippen LogP) is 3.82. The van der Waals surface area contributed by atoms with Gasteiger partial charge in [-0.15, -0.1) is 0 Å². The van der Waals surface area contributed by atoms with Gasteiger partial charge in [0, 0.05) is 0 Å². The van der Waals surface area contributed by atoms with E-state index in [9.17, 15) is 9.59 Å². The maximum absolute atomic E-state index is 13.0. The molecule has 6 nitrogen and oxygen atoms in total. The van der Waals surface area contributed by atoms with Gasteiger partial charge in [0.1, 0.15) is 5.75 Å². The molecule has 1 unspecified atom stereocenters. The maximum atomic E-state index is 13.0. The molecule has 2 rings (SSSR count). The topological polar surface area (TPSA) is 73.9 Å². The van der Waals surface area contributed by atoms with E-state index in [2.05, 4.69) is 5.48 Å². The summed E-state index contributed by atoms with van der Waals surface area (Å²) in [4.78, 5) is 30.3. The molecular formula is C22H25NO5. The molecule has 0 aliphatic rings. The number of rotatable bonds is 10. The molecule has 0 saturated heterocycles. The fourth-order valence-electron chi connectivity index (χ4n) is 2.51. The van der Waals surface area contributed by atoms with E-state index in [1.54, 1.807) is 31.2 Å². The van der Waals surface area contributed by atoms with E-state index in [0.29, 0.717) is 18.6 Å². The molecule has 0 amide bonds. The molecule has 0 heterocycles. The van der Waals surface area contributed by atoms with Gasteiger partial charge in [0.05, 0.1) is 25.3 Å². The molecule has 2 aromatic carbocycles. The highest BCUT2D eigenvalue weighted by molar-refractivity contribution is 6.02. The van der Waals surface area contributed by atoms with E-state index in [1.807, 2.05) is 37.3 Å². The summed E-state index contributed by atoms with van der Waals surface area (Å²) in [6.45, 7) is 3.88. The number of hydrogen-bond donors (Lipinski definition) is 1. The molecule has 1 N–H and O–H groups in total. The van der Waals surface area contributed by atoms with Crippen LogP contribution in [0.3, 0.4) is 0 Å². The molecule has 0 aliphatic heterocycles. The SMILES string of the molecule is CC=C(Oc1ccccc1C(=O)C(CC)NOCc1ccccc1)C(=O)OC. The minimum atomic E-state index is -0.610. The number of hydroxylamine groups is 1. The fourth-order valence-corrected chi connectivity index (χ4v) is 2.51. The van der Waals surface area contributed by atoms with Gasteiger partial charge in [-0.05, 0) is 37.1 Å². The van der Waals surface area contributed by atoms with E-state index >= 15 is 0 Å². The third kappa shape index (κ3) is 5.77. The van der Waals surface area contributed by atoms with Crippen molar-refractivity contribution in [2.24, 2.45) is 0 Å². The first-order chi connectivity index (χ1) is 13.6. The minimum Gasteiger partial charge on any atom is -0.463 e. The number of Topliss-reactive ketones (excluding diaryl/α,β-unsaturated/α-hetero) is 1. The lowest BCUT2D eigenvalue weighted by Gasteiger charge is -2.18. The number of allylic oxidation sites excluding steroid dienone is 1. The van der Waals surface area contributed by atoms with Crippen LogP contribution in [0.2, 0.25) is 0 Å². The summed E-state index contributed by atoms with van der Waals surface area (Å²) < 4.78 is 10.3. The number of hydrogen-bond acceptors (Lipinski definition) is 6. The standard InChI is InChI=1S/C22H25NO5/c1-4-18(23-27-15-16-11-7-6-8-12-16)21(24)17-13-9-10-14-20(17)28-19(5-2)22(25)26-3/h5-14,18,23H,4,15H2,1-3H3. The molecule has 6 heteroatoms. The van der Waals surface area contributed by atoms with Crippen LogP contribution in [0.15, 0.2) is 66.4 Å². The zero-order valence-electron chi connectivity index (χ0n) is 16.3. The highest BCUT2D eigenvalue weighted by Gasteiger charge is 2.23. The highest BCUT2D eigenvalue weighted by atomic mass is 16.6. The number of esters is 1. The van der Waals surface area contributed by atoms with Gasteiger partial charge in [0.2, 0.25) is 5.76 Å². The Kier molecular flexibility index (Phi) is 8.39. The van der Waals surface area contributed by atoms with Gasteiger partial charge >= 0.3 is 5.97 Å². The summed E-state index contributed by atoms with van der Waals surface area (Å²) in [5, 5.41) is 0. The summed E-state index contributed by atoms with van der Waals surface area (Å²) in [6.07, 6.45) is 2.01. The quantitative estimate of drug-likeness (QED) is 0.221. The van der Waals surface area contributed by atoms with Crippen LogP contribution in [0, 0.1) is 0 Å². The van der Waals surface area contributed by atoms with Crippen LogP contribution in [0.5, 0.6) is 5.75 Å². The number of ether oxygens (including phenoxy) is 2. The van der Waals surface area contributed by atoms with Crippen molar-refractivity contribution in [2.75, 3.05) is 7.11 Å². The number of carbonyl (C=O) groups excluding carboxylic acids is 2. The summed E-state index contributed by atoms with van der Waals surface area (Å²) in [5.74, 6) is -0.494. The molecule has 0 aromatic heterocycles. The van der Waals surface area contributed by atoms with Crippen molar-refractivity contribution in [3.8, 4) is 5.75 Å². The van der Waals surface area contributed by atoms with E-state index < -0.39 is 12.0 Å². The van der Waals surface area contributed by atoms with Gasteiger partial charge in [-0.3, -0.25) is 9.63 Å². The van der Waals surface area contributed by atoms with Crippen LogP contribution >= 0.6 is 0 Å². The normalized spacial score (nSPS) is 12.3. The van der Waals surface area contributed by atoms with Crippen molar-refractivity contribution in [2.45, 2.75) is 32.9 Å². The van der Waals surface area contributed by atoms with Crippen molar-refractivity contribution in [3.05, 3.63) is 77.6 Å². The minimum absolute atomic E-state index is 0.0177. The Hall–Kier alpha value is -2.96. The van der Waals surface area contributed by atoms with Gasteiger partial charge in [0.25, 0.3) is 0 Å². The van der Waals surface area contributed by atoms with Gasteiger partial charge in [-0.25, -0.2) is 4.79 Å². The molecule has 0 aliphatic carbocycles. The maximum Gasteiger partial charge on any atom is 0.373 e. The molecule has 0 fully saturated rings. The molecule has 1 atom stereocenters. The third-order valence-electron chi connectivity index (χ3n) is 4.05. The summed E-state index contributed by atoms with van der Waals surface area (Å²) in [6, 6.07) is 15.9. The average molecular weight is 383 g/mol. The second-order valence-corrected chi connectivity index (χ2v) is 5.96.